The first-order valence-electron chi connectivity index (χ1n) is 8.43. The van der Waals surface area contributed by atoms with E-state index in [4.69, 9.17) is 15.9 Å². The monoisotopic (exact) mass is 396 g/mol. The minimum Gasteiger partial charge on any atom is -0.486 e. The Morgan fingerprint density at radius 2 is 1.61 bits per heavy atom. The summed E-state index contributed by atoms with van der Waals surface area (Å²) in [7, 11) is -3.85. The van der Waals surface area contributed by atoms with Gasteiger partial charge in [-0.3, -0.25) is 4.72 Å². The maximum Gasteiger partial charge on any atom is 0.263 e. The summed E-state index contributed by atoms with van der Waals surface area (Å²) in [5.74, 6) is 3.80. The number of hydrogen-bond acceptors (Lipinski definition) is 7. The van der Waals surface area contributed by atoms with E-state index < -0.39 is 10.0 Å². The van der Waals surface area contributed by atoms with Crippen molar-refractivity contribution in [3.63, 3.8) is 0 Å². The third-order valence-electron chi connectivity index (χ3n) is 3.97. The van der Waals surface area contributed by atoms with Crippen molar-refractivity contribution in [2.45, 2.75) is 4.90 Å². The van der Waals surface area contributed by atoms with Crippen molar-refractivity contribution in [3.05, 3.63) is 42.5 Å². The summed E-state index contributed by atoms with van der Waals surface area (Å²) in [6.45, 7) is 1.04. The minimum absolute atomic E-state index is 0.0447. The highest BCUT2D eigenvalue weighted by atomic mass is 32.2. The lowest BCUT2D eigenvalue weighted by molar-refractivity contribution is 0.172. The van der Waals surface area contributed by atoms with Crippen LogP contribution in [-0.4, -0.2) is 38.1 Å². The van der Waals surface area contributed by atoms with E-state index in [-0.39, 0.29) is 23.1 Å². The van der Waals surface area contributed by atoms with E-state index in [2.05, 4.69) is 25.9 Å². The van der Waals surface area contributed by atoms with Crippen LogP contribution in [0.15, 0.2) is 47.4 Å². The van der Waals surface area contributed by atoms with E-state index in [9.17, 15) is 8.42 Å². The van der Waals surface area contributed by atoms with Crippen LogP contribution in [0.1, 0.15) is 0 Å². The molecule has 9 heteroatoms. The summed E-state index contributed by atoms with van der Waals surface area (Å²) in [6, 6.07) is 11.4. The van der Waals surface area contributed by atoms with Crippen molar-refractivity contribution in [1.82, 2.24) is 9.97 Å². The molecule has 2 aromatic carbocycles. The number of benzene rings is 2. The number of anilines is 2. The van der Waals surface area contributed by atoms with Crippen molar-refractivity contribution in [1.29, 1.82) is 0 Å². The van der Waals surface area contributed by atoms with Gasteiger partial charge in [0.25, 0.3) is 10.0 Å². The highest BCUT2D eigenvalue weighted by Gasteiger charge is 2.20. The summed E-state index contributed by atoms with van der Waals surface area (Å²) in [5.41, 5.74) is 0.979. The Labute approximate surface area is 162 Å². The molecule has 8 nitrogen and oxygen atoms in total. The number of nitrogens with zero attached hydrogens (tertiary/aromatic N) is 2. The van der Waals surface area contributed by atoms with Crippen LogP contribution >= 0.6 is 0 Å². The third kappa shape index (κ3) is 3.50. The van der Waals surface area contributed by atoms with Gasteiger partial charge in [-0.2, -0.15) is 0 Å². The quantitative estimate of drug-likeness (QED) is 0.638. The molecule has 4 rings (SSSR count). The minimum atomic E-state index is -3.85. The number of terminal acetylenes is 1. The molecule has 2 heterocycles. The molecule has 0 unspecified atom stereocenters. The number of fused-ring (bicyclic) bond motifs is 2. The average Bonchev–Trinajstić information content (AvgIpc) is 2.71. The predicted molar refractivity (Wildman–Crippen MR) is 105 cm³/mol. The van der Waals surface area contributed by atoms with Crippen molar-refractivity contribution in [2.24, 2.45) is 0 Å². The van der Waals surface area contributed by atoms with Gasteiger partial charge >= 0.3 is 0 Å². The lowest BCUT2D eigenvalue weighted by Crippen LogP contribution is -2.17. The molecule has 0 saturated carbocycles. The number of hydrogen-bond donors (Lipinski definition) is 2. The number of ether oxygens (including phenoxy) is 2. The Hall–Kier alpha value is -3.51. The highest BCUT2D eigenvalue weighted by molar-refractivity contribution is 7.92. The van der Waals surface area contributed by atoms with Crippen LogP contribution in [0.3, 0.4) is 0 Å². The molecule has 1 aliphatic heterocycles. The van der Waals surface area contributed by atoms with E-state index in [0.29, 0.717) is 35.7 Å². The Bertz CT molecular complexity index is 1170. The SMILES string of the molecule is C#CCNc1nc2cc3c(cc2nc1NS(=O)(=O)c1ccccc1)OCCO3. The summed E-state index contributed by atoms with van der Waals surface area (Å²) in [5, 5.41) is 2.90. The highest BCUT2D eigenvalue weighted by Crippen LogP contribution is 2.35. The first-order chi connectivity index (χ1) is 13.6. The van der Waals surface area contributed by atoms with E-state index in [1.54, 1.807) is 30.3 Å². The number of rotatable bonds is 5. The molecule has 3 aromatic rings. The van der Waals surface area contributed by atoms with Gasteiger partial charge in [0.15, 0.2) is 23.1 Å². The number of nitrogens with one attached hydrogen (secondary N) is 2. The standard InChI is InChI=1S/C19H16N4O4S/c1-2-8-20-18-19(23-28(24,25)13-6-4-3-5-7-13)22-15-12-17-16(11-14(15)21-18)26-9-10-27-17/h1,3-7,11-12H,8-10H2,(H,20,21)(H,22,23). The molecule has 1 aliphatic rings. The molecule has 0 saturated heterocycles. The van der Waals surface area contributed by atoms with Gasteiger partial charge in [-0.15, -0.1) is 6.42 Å². The molecular formula is C19H16N4O4S. The largest absolute Gasteiger partial charge is 0.486 e. The second-order valence-electron chi connectivity index (χ2n) is 5.88. The molecule has 2 N–H and O–H groups in total. The maximum atomic E-state index is 12.7. The Morgan fingerprint density at radius 3 is 2.21 bits per heavy atom. The van der Waals surface area contributed by atoms with E-state index >= 15 is 0 Å². The third-order valence-corrected chi connectivity index (χ3v) is 5.33. The second kappa shape index (κ2) is 7.25. The summed E-state index contributed by atoms with van der Waals surface area (Å²) < 4.78 is 39.0. The zero-order valence-corrected chi connectivity index (χ0v) is 15.5. The molecule has 142 valence electrons. The van der Waals surface area contributed by atoms with Crippen molar-refractivity contribution in [2.75, 3.05) is 29.8 Å². The van der Waals surface area contributed by atoms with Crippen LogP contribution in [0, 0.1) is 12.3 Å². The zero-order valence-electron chi connectivity index (χ0n) is 14.7. The Balaban J connectivity index is 1.80. The van der Waals surface area contributed by atoms with Gasteiger partial charge in [-0.05, 0) is 12.1 Å². The molecule has 0 spiro atoms. The summed E-state index contributed by atoms with van der Waals surface area (Å²) in [4.78, 5) is 9.01. The van der Waals surface area contributed by atoms with Gasteiger partial charge in [0, 0.05) is 12.1 Å². The molecule has 0 radical (unpaired) electrons. The first-order valence-corrected chi connectivity index (χ1v) is 9.92. The van der Waals surface area contributed by atoms with Crippen LogP contribution in [0.4, 0.5) is 11.6 Å². The van der Waals surface area contributed by atoms with Crippen LogP contribution < -0.4 is 19.5 Å². The molecule has 28 heavy (non-hydrogen) atoms. The van der Waals surface area contributed by atoms with Gasteiger partial charge in [-0.1, -0.05) is 24.1 Å². The Morgan fingerprint density at radius 1 is 1.00 bits per heavy atom. The molecular weight excluding hydrogens is 380 g/mol. The second-order valence-corrected chi connectivity index (χ2v) is 7.56. The summed E-state index contributed by atoms with van der Waals surface area (Å²) >= 11 is 0. The van der Waals surface area contributed by atoms with Crippen LogP contribution in [0.2, 0.25) is 0 Å². The molecule has 0 aliphatic carbocycles. The van der Waals surface area contributed by atoms with Gasteiger partial charge in [0.2, 0.25) is 0 Å². The topological polar surface area (TPSA) is 102 Å². The summed E-state index contributed by atoms with van der Waals surface area (Å²) in [6.07, 6.45) is 5.31. The van der Waals surface area contributed by atoms with E-state index in [1.807, 2.05) is 0 Å². The fraction of sp³-hybridized carbons (Fsp3) is 0.158. The molecule has 1 aromatic heterocycles. The molecule has 0 atom stereocenters. The van der Waals surface area contributed by atoms with Gasteiger partial charge < -0.3 is 14.8 Å². The van der Waals surface area contributed by atoms with Crippen molar-refractivity contribution < 1.29 is 17.9 Å². The van der Waals surface area contributed by atoms with Gasteiger partial charge in [0.05, 0.1) is 22.5 Å². The fourth-order valence-electron chi connectivity index (χ4n) is 2.71. The molecule has 0 fully saturated rings. The van der Waals surface area contributed by atoms with Crippen LogP contribution in [-0.2, 0) is 10.0 Å². The number of sulfonamides is 1. The van der Waals surface area contributed by atoms with E-state index in [0.717, 1.165) is 0 Å². The van der Waals surface area contributed by atoms with Crippen LogP contribution in [0.5, 0.6) is 11.5 Å². The first kappa shape index (κ1) is 17.9. The smallest absolute Gasteiger partial charge is 0.263 e. The van der Waals surface area contributed by atoms with Crippen molar-refractivity contribution >= 4 is 32.7 Å². The molecule has 0 amide bonds. The van der Waals surface area contributed by atoms with Gasteiger partial charge in [-0.25, -0.2) is 18.4 Å². The lowest BCUT2D eigenvalue weighted by atomic mass is 10.2. The molecule has 0 bridgehead atoms. The average molecular weight is 396 g/mol. The van der Waals surface area contributed by atoms with E-state index in [1.165, 1.54) is 12.1 Å². The predicted octanol–water partition coefficient (Wildman–Crippen LogP) is 2.25. The van der Waals surface area contributed by atoms with Crippen LogP contribution in [0.25, 0.3) is 11.0 Å². The Kier molecular flexibility index (Phi) is 4.63. The number of aromatic nitrogens is 2. The fourth-order valence-corrected chi connectivity index (χ4v) is 3.74. The zero-order chi connectivity index (χ0) is 19.6. The maximum absolute atomic E-state index is 12.7. The normalized spacial score (nSPS) is 13.0. The lowest BCUT2D eigenvalue weighted by Gasteiger charge is -2.19. The van der Waals surface area contributed by atoms with Crippen molar-refractivity contribution in [3.8, 4) is 23.8 Å². The van der Waals surface area contributed by atoms with Gasteiger partial charge in [0.1, 0.15) is 13.2 Å².